The molecule has 10 aromatic carbocycles. The zero-order valence-electron chi connectivity index (χ0n) is 79.5. The van der Waals surface area contributed by atoms with Crippen LogP contribution in [0.3, 0.4) is 0 Å². The molecule has 0 unspecified atom stereocenters. The van der Waals surface area contributed by atoms with Crippen molar-refractivity contribution in [2.24, 2.45) is 21.7 Å². The number of aryl methyl sites for hydroxylation is 2. The van der Waals surface area contributed by atoms with Crippen LogP contribution in [0.25, 0.3) is 132 Å². The van der Waals surface area contributed by atoms with Gasteiger partial charge in [0.05, 0.1) is 11.3 Å². The first-order valence-corrected chi connectivity index (χ1v) is 37.3. The summed E-state index contributed by atoms with van der Waals surface area (Å²) in [6, 6.07) is 78.2. The van der Waals surface area contributed by atoms with Crippen molar-refractivity contribution in [1.29, 1.82) is 0 Å². The average Bonchev–Trinajstić information content (AvgIpc) is 1.50. The van der Waals surface area contributed by atoms with E-state index < -0.39 is 76.5 Å². The summed E-state index contributed by atoms with van der Waals surface area (Å²) in [7, 11) is -3.84. The van der Waals surface area contributed by atoms with Gasteiger partial charge in [0.1, 0.15) is 16.7 Å². The van der Waals surface area contributed by atoms with Crippen LogP contribution in [0.2, 0.25) is 0 Å². The van der Waals surface area contributed by atoms with E-state index >= 15 is 0 Å². The minimum Gasteiger partial charge on any atom is -0.501 e. The number of alkyl halides is 3. The van der Waals surface area contributed by atoms with Crippen molar-refractivity contribution in [2.45, 2.75) is 128 Å². The van der Waals surface area contributed by atoms with E-state index in [1.54, 1.807) is 72.1 Å². The van der Waals surface area contributed by atoms with Gasteiger partial charge in [0, 0.05) is 120 Å². The monoisotopic (exact) mass is 1920 g/mol. The van der Waals surface area contributed by atoms with Crippen molar-refractivity contribution in [3.63, 3.8) is 0 Å². The Labute approximate surface area is 714 Å². The van der Waals surface area contributed by atoms with E-state index in [1.165, 1.54) is 33.9 Å². The van der Waals surface area contributed by atoms with Gasteiger partial charge in [-0.2, -0.15) is 21.6 Å². The summed E-state index contributed by atoms with van der Waals surface area (Å²) in [5.41, 5.74) is 1.47. The fraction of sp³-hybridized carbons (Fsp3) is 0.258. The van der Waals surface area contributed by atoms with E-state index in [4.69, 9.17) is 51.2 Å². The number of fused-ring (bicyclic) bond motifs is 12. The second-order valence-corrected chi connectivity index (χ2v) is 31.7. The number of hydrogen-bond donors (Lipinski definition) is 3. The smallest absolute Gasteiger partial charge is 0.501 e. The van der Waals surface area contributed by atoms with Gasteiger partial charge in [-0.15, -0.1) is 90.0 Å². The van der Waals surface area contributed by atoms with Crippen molar-refractivity contribution in [1.82, 2.24) is 19.9 Å². The molecule has 0 aliphatic rings. The Morgan fingerprint density at radius 2 is 0.789 bits per heavy atom. The molecule has 16 rings (SSSR count). The van der Waals surface area contributed by atoms with Crippen LogP contribution in [0, 0.1) is 53.6 Å². The molecule has 0 spiro atoms. The number of benzene rings is 10. The number of aliphatic hydroxyl groups is 2. The van der Waals surface area contributed by atoms with Gasteiger partial charge in [-0.1, -0.05) is 215 Å². The van der Waals surface area contributed by atoms with E-state index in [2.05, 4.69) is 105 Å². The minimum absolute atomic E-state index is 0. The molecule has 3 N–H and O–H groups in total. The van der Waals surface area contributed by atoms with Gasteiger partial charge in [0.2, 0.25) is 0 Å². The van der Waals surface area contributed by atoms with Crippen LogP contribution >= 0.6 is 0 Å². The third-order valence-corrected chi connectivity index (χ3v) is 17.4. The van der Waals surface area contributed by atoms with E-state index in [-0.39, 0.29) is 62.5 Å². The molecule has 0 aliphatic heterocycles. The van der Waals surface area contributed by atoms with Crippen molar-refractivity contribution in [3.05, 3.63) is 289 Å². The summed E-state index contributed by atoms with van der Waals surface area (Å²) in [5.74, 6) is 0. The molecule has 6 aromatic heterocycles. The minimum atomic E-state index is -5.84. The number of halogens is 3. The molecule has 0 amide bonds. The third-order valence-electron chi connectivity index (χ3n) is 16.8. The van der Waals surface area contributed by atoms with Gasteiger partial charge in [-0.25, -0.2) is 0 Å². The predicted molar refractivity (Wildman–Crippen MR) is 456 cm³/mol. The molecule has 0 bridgehead atoms. The van der Waals surface area contributed by atoms with Gasteiger partial charge >= 0.3 is 15.6 Å². The van der Waals surface area contributed by atoms with Gasteiger partial charge in [0.15, 0.2) is 0 Å². The first kappa shape index (κ1) is 70.9. The van der Waals surface area contributed by atoms with Crippen LogP contribution in [0.15, 0.2) is 246 Å². The molecule has 11 nitrogen and oxygen atoms in total. The molecular weight excluding hydrogens is 1810 g/mol. The van der Waals surface area contributed by atoms with Crippen LogP contribution in [-0.2, 0) is 75.8 Å². The Balaban J connectivity index is 0.000000210. The molecule has 0 atom stereocenters. The maximum Gasteiger partial charge on any atom is 0.522 e. The first-order valence-electron chi connectivity index (χ1n) is 42.9. The van der Waals surface area contributed by atoms with Gasteiger partial charge in [-0.3, -0.25) is 9.54 Å². The Morgan fingerprint density at radius 1 is 0.395 bits per heavy atom. The molecule has 114 heavy (non-hydrogen) atoms. The maximum atomic E-state index is 10.7. The molecule has 596 valence electrons. The second-order valence-electron chi connectivity index (χ2n) is 30.3. The molecule has 17 heteroatoms. The summed E-state index contributed by atoms with van der Waals surface area (Å²) < 4.78 is 187. The fourth-order valence-corrected chi connectivity index (χ4v) is 12.4. The number of rotatable bonds is 8. The number of furan rings is 2. The molecule has 2 radical (unpaired) electrons. The van der Waals surface area contributed by atoms with Crippen molar-refractivity contribution in [2.75, 3.05) is 14.2 Å². The maximum absolute atomic E-state index is 10.7. The van der Waals surface area contributed by atoms with Crippen LogP contribution in [0.5, 0.6) is 0 Å². The molecular formula is C97H98F3Ir2N4O7S-3. The topological polar surface area (TPSA) is 173 Å². The van der Waals surface area contributed by atoms with E-state index in [1.807, 2.05) is 169 Å². The summed E-state index contributed by atoms with van der Waals surface area (Å²) in [4.78, 5) is 17.7. The molecule has 0 aliphatic carbocycles. The molecule has 0 saturated carbocycles. The largest absolute Gasteiger partial charge is 0.522 e. The number of nitrogens with zero attached hydrogens (tertiary/aromatic N) is 4. The van der Waals surface area contributed by atoms with Crippen LogP contribution in [-0.4, -0.2) is 62.8 Å². The zero-order chi connectivity index (χ0) is 93.3. The summed E-state index contributed by atoms with van der Waals surface area (Å²) in [6.07, 6.45) is -0.815. The number of pyridine rings is 4. The van der Waals surface area contributed by atoms with Crippen molar-refractivity contribution < 1.29 is 105 Å². The summed E-state index contributed by atoms with van der Waals surface area (Å²) in [5, 5.41) is 26.9. The van der Waals surface area contributed by atoms with Crippen LogP contribution in [0.4, 0.5) is 13.2 Å². The third kappa shape index (κ3) is 23.1. The van der Waals surface area contributed by atoms with Crippen LogP contribution < -0.4 is 0 Å². The first-order chi connectivity index (χ1) is 58.6. The molecule has 0 saturated heterocycles. The normalized spacial score (nSPS) is 14.2. The zero-order valence-corrected chi connectivity index (χ0v) is 71.1. The number of hydrogen-bond acceptors (Lipinski definition) is 10. The summed E-state index contributed by atoms with van der Waals surface area (Å²) >= 11 is 0. The number of aromatic nitrogens is 4. The standard InChI is InChI=1S/C31H27NO.C31H26NO.2C16H18N.CHF3O3S.2CH4O.2Ir/c2*1-19-18-32-28(14-22(19)17-31(2,3)4)25-11-7-10-24-27-16-26-21(15-29(27)33-30(24)25)13-12-20-8-5-6-9-23(20)26;2*1-16(2,3)11-13-9-10-15(17-12-13)14-7-5-4-6-8-14;2-1(3,4)8(5,6)7;2*1-2;;/h5-16,18H,17H2,1-4H3;5-10,12-16,18H,17H2,1-4H3;2*4-7,9-10,12H,11H2,1-3H3;(H,5,6,7);2*2H,1H3;;/q;3*-1;;;;;/i2*1D3,17D2;2*11D2;;;;;. The second kappa shape index (κ2) is 38.2. The van der Waals surface area contributed by atoms with Crippen LogP contribution in [0.1, 0.15) is 136 Å². The summed E-state index contributed by atoms with van der Waals surface area (Å²) in [6.45, 7) is 17.0. The Hall–Kier alpha value is -9.64. The number of para-hydroxylation sites is 1. The Morgan fingerprint density at radius 3 is 1.20 bits per heavy atom. The van der Waals surface area contributed by atoms with E-state index in [0.717, 1.165) is 91.0 Å². The average molecular weight is 1920 g/mol. The Kier molecular flexibility index (Phi) is 23.8. The van der Waals surface area contributed by atoms with Gasteiger partial charge in [0.25, 0.3) is 0 Å². The SMILES string of the molecule is CO.CO.O=S(=O)(O)C(F)(F)F.[2H]C([2H])([2H])c1cnc(-c2[c-]ccc3c2oc2cc4ccc5ccccc5c4cc23)cc1C([2H])([2H])C(C)(C)C.[2H]C([2H])([2H])c1cnc(-c2cccc3c2oc2cc4ccc5ccccc5c4cc23)cc1C([2H])([2H])C(C)(C)C.[2H]C([2H])(c1ccc(-c2[c-]cccc2)nc1)C(C)(C)C.[2H]C([2H])(c1ccc(-c2[c-]cccc2)nc1)C(C)(C)C.[Ir].[Ir]. The molecule has 0 fully saturated rings. The van der Waals surface area contributed by atoms with Gasteiger partial charge < -0.3 is 34.0 Å². The van der Waals surface area contributed by atoms with E-state index in [9.17, 15) is 13.2 Å². The van der Waals surface area contributed by atoms with Crippen molar-refractivity contribution in [3.8, 4) is 45.0 Å². The fourth-order valence-electron chi connectivity index (χ4n) is 12.4. The predicted octanol–water partition coefficient (Wildman–Crippen LogP) is 25.4. The van der Waals surface area contributed by atoms with Crippen molar-refractivity contribution >= 4 is 97.1 Å². The van der Waals surface area contributed by atoms with Gasteiger partial charge in [-0.05, 0) is 185 Å². The Bertz CT molecular complexity index is 6320. The van der Waals surface area contributed by atoms with E-state index in [0.29, 0.717) is 44.8 Å². The number of aliphatic hydroxyl groups excluding tert-OH is 2. The molecule has 6 heterocycles. The molecule has 16 aromatic rings. The quantitative estimate of drug-likeness (QED) is 0.0572.